The fourth-order valence-corrected chi connectivity index (χ4v) is 2.24. The monoisotopic (exact) mass is 218 g/mol. The fraction of sp³-hybridized carbons (Fsp3) is 0.385. The van der Waals surface area contributed by atoms with Gasteiger partial charge in [-0.05, 0) is 25.8 Å². The highest BCUT2D eigenvalue weighted by Gasteiger charge is 2.39. The van der Waals surface area contributed by atoms with E-state index in [-0.39, 0.29) is 18.0 Å². The molecule has 0 aliphatic heterocycles. The van der Waals surface area contributed by atoms with Crippen LogP contribution in [0.2, 0.25) is 0 Å². The van der Waals surface area contributed by atoms with Crippen LogP contribution in [0, 0.1) is 12.8 Å². The summed E-state index contributed by atoms with van der Waals surface area (Å²) in [5.74, 6) is -0.973. The molecular weight excluding hydrogens is 204 g/mol. The first kappa shape index (κ1) is 11.0. The first-order valence-corrected chi connectivity index (χ1v) is 5.38. The molecule has 1 aliphatic rings. The Morgan fingerprint density at radius 1 is 1.31 bits per heavy atom. The van der Waals surface area contributed by atoms with E-state index in [2.05, 4.69) is 0 Å². The minimum atomic E-state index is -0.684. The second-order valence-electron chi connectivity index (χ2n) is 4.36. The number of Topliss-reactive ketones (excluding diaryl/α,β-unsaturated/α-hetero) is 2. The van der Waals surface area contributed by atoms with Crippen molar-refractivity contribution in [3.8, 4) is 0 Å². The van der Waals surface area contributed by atoms with Gasteiger partial charge in [-0.25, -0.2) is 0 Å². The SMILES string of the molecule is Cc1cccc2c1C(=O)C(CC(C)O)C2=O. The maximum absolute atomic E-state index is 12.0. The standard InChI is InChI=1S/C13H14O3/c1-7-4-3-5-9-11(7)13(16)10(12(9)15)6-8(2)14/h3-5,8,10,14H,6H2,1-2H3. The van der Waals surface area contributed by atoms with E-state index < -0.39 is 12.0 Å². The van der Waals surface area contributed by atoms with E-state index in [1.54, 1.807) is 19.1 Å². The summed E-state index contributed by atoms with van der Waals surface area (Å²) in [5.41, 5.74) is 1.89. The van der Waals surface area contributed by atoms with Crippen LogP contribution in [-0.4, -0.2) is 22.8 Å². The lowest BCUT2D eigenvalue weighted by molar-refractivity contribution is 0.0766. The Kier molecular flexibility index (Phi) is 2.64. The molecule has 0 saturated heterocycles. The van der Waals surface area contributed by atoms with Crippen LogP contribution >= 0.6 is 0 Å². The van der Waals surface area contributed by atoms with E-state index >= 15 is 0 Å². The lowest BCUT2D eigenvalue weighted by Gasteiger charge is -2.08. The fourth-order valence-electron chi connectivity index (χ4n) is 2.24. The highest BCUT2D eigenvalue weighted by Crippen LogP contribution is 2.31. The molecule has 2 atom stereocenters. The number of ketones is 2. The van der Waals surface area contributed by atoms with Crippen LogP contribution in [0.25, 0.3) is 0 Å². The van der Waals surface area contributed by atoms with Crippen molar-refractivity contribution in [1.29, 1.82) is 0 Å². The second-order valence-corrected chi connectivity index (χ2v) is 4.36. The molecule has 2 rings (SSSR count). The molecule has 0 spiro atoms. The number of aryl methyl sites for hydroxylation is 1. The predicted octanol–water partition coefficient (Wildman–Crippen LogP) is 1.76. The van der Waals surface area contributed by atoms with Gasteiger partial charge in [0.2, 0.25) is 0 Å². The number of carbonyl (C=O) groups is 2. The zero-order valence-corrected chi connectivity index (χ0v) is 9.36. The first-order valence-electron chi connectivity index (χ1n) is 5.38. The molecule has 0 saturated carbocycles. The van der Waals surface area contributed by atoms with Gasteiger partial charge in [-0.15, -0.1) is 0 Å². The summed E-state index contributed by atoms with van der Waals surface area (Å²) in [6.45, 7) is 3.42. The Labute approximate surface area is 94.1 Å². The molecule has 0 bridgehead atoms. The largest absolute Gasteiger partial charge is 0.393 e. The molecule has 0 fully saturated rings. The van der Waals surface area contributed by atoms with Crippen LogP contribution in [0.15, 0.2) is 18.2 Å². The number of fused-ring (bicyclic) bond motifs is 1. The lowest BCUT2D eigenvalue weighted by atomic mass is 9.97. The van der Waals surface area contributed by atoms with Gasteiger partial charge in [0.25, 0.3) is 0 Å². The Bertz CT molecular complexity index is 460. The summed E-state index contributed by atoms with van der Waals surface area (Å²) < 4.78 is 0. The quantitative estimate of drug-likeness (QED) is 0.769. The topological polar surface area (TPSA) is 54.4 Å². The average Bonchev–Trinajstić information content (AvgIpc) is 2.44. The minimum Gasteiger partial charge on any atom is -0.393 e. The Hall–Kier alpha value is -1.48. The van der Waals surface area contributed by atoms with E-state index in [1.165, 1.54) is 0 Å². The number of hydrogen-bond donors (Lipinski definition) is 1. The smallest absolute Gasteiger partial charge is 0.174 e. The van der Waals surface area contributed by atoms with E-state index in [0.717, 1.165) is 5.56 Å². The summed E-state index contributed by atoms with van der Waals surface area (Å²) in [6, 6.07) is 5.30. The molecule has 0 heterocycles. The van der Waals surface area contributed by atoms with Crippen LogP contribution in [-0.2, 0) is 0 Å². The Morgan fingerprint density at radius 3 is 2.56 bits per heavy atom. The number of hydrogen-bond acceptors (Lipinski definition) is 3. The van der Waals surface area contributed by atoms with Gasteiger partial charge in [-0.1, -0.05) is 18.2 Å². The maximum atomic E-state index is 12.0. The van der Waals surface area contributed by atoms with Crippen molar-refractivity contribution in [3.05, 3.63) is 34.9 Å². The molecular formula is C13H14O3. The highest BCUT2D eigenvalue weighted by atomic mass is 16.3. The van der Waals surface area contributed by atoms with E-state index in [1.807, 2.05) is 13.0 Å². The van der Waals surface area contributed by atoms with Crippen molar-refractivity contribution < 1.29 is 14.7 Å². The lowest BCUT2D eigenvalue weighted by Crippen LogP contribution is -2.20. The van der Waals surface area contributed by atoms with Crippen molar-refractivity contribution in [2.24, 2.45) is 5.92 Å². The molecule has 1 aromatic carbocycles. The molecule has 0 radical (unpaired) electrons. The van der Waals surface area contributed by atoms with Gasteiger partial charge in [-0.2, -0.15) is 0 Å². The Balaban J connectivity index is 2.45. The van der Waals surface area contributed by atoms with Crippen molar-refractivity contribution in [2.45, 2.75) is 26.4 Å². The molecule has 1 aromatic rings. The molecule has 16 heavy (non-hydrogen) atoms. The molecule has 3 nitrogen and oxygen atoms in total. The third kappa shape index (κ3) is 1.57. The van der Waals surface area contributed by atoms with Crippen molar-refractivity contribution in [1.82, 2.24) is 0 Å². The van der Waals surface area contributed by atoms with Gasteiger partial charge in [0, 0.05) is 11.1 Å². The molecule has 1 aliphatic carbocycles. The van der Waals surface area contributed by atoms with Gasteiger partial charge in [-0.3, -0.25) is 9.59 Å². The van der Waals surface area contributed by atoms with Crippen LogP contribution in [0.5, 0.6) is 0 Å². The molecule has 1 N–H and O–H groups in total. The number of aliphatic hydroxyl groups is 1. The predicted molar refractivity (Wildman–Crippen MR) is 59.6 cm³/mol. The maximum Gasteiger partial charge on any atom is 0.174 e. The van der Waals surface area contributed by atoms with E-state index in [9.17, 15) is 14.7 Å². The third-order valence-corrected chi connectivity index (χ3v) is 2.99. The van der Waals surface area contributed by atoms with Crippen LogP contribution in [0.1, 0.15) is 39.6 Å². The molecule has 0 aromatic heterocycles. The van der Waals surface area contributed by atoms with E-state index in [0.29, 0.717) is 11.1 Å². The van der Waals surface area contributed by atoms with Crippen molar-refractivity contribution in [3.63, 3.8) is 0 Å². The van der Waals surface area contributed by atoms with Crippen molar-refractivity contribution >= 4 is 11.6 Å². The normalized spacial score (nSPS) is 21.1. The molecule has 2 unspecified atom stereocenters. The highest BCUT2D eigenvalue weighted by molar-refractivity contribution is 6.26. The van der Waals surface area contributed by atoms with Crippen LogP contribution in [0.3, 0.4) is 0 Å². The van der Waals surface area contributed by atoms with Gasteiger partial charge < -0.3 is 5.11 Å². The zero-order valence-electron chi connectivity index (χ0n) is 9.36. The summed E-state index contributed by atoms with van der Waals surface area (Å²) in [7, 11) is 0. The van der Waals surface area contributed by atoms with Gasteiger partial charge in [0.1, 0.15) is 0 Å². The van der Waals surface area contributed by atoms with Crippen LogP contribution in [0.4, 0.5) is 0 Å². The van der Waals surface area contributed by atoms with Gasteiger partial charge >= 0.3 is 0 Å². The first-order chi connectivity index (χ1) is 7.52. The summed E-state index contributed by atoms with van der Waals surface area (Å²) in [5, 5.41) is 9.29. The molecule has 0 amide bonds. The van der Waals surface area contributed by atoms with Crippen molar-refractivity contribution in [2.75, 3.05) is 0 Å². The number of rotatable bonds is 2. The number of carbonyl (C=O) groups excluding carboxylic acids is 2. The second kappa shape index (κ2) is 3.83. The minimum absolute atomic E-state index is 0.140. The number of aliphatic hydroxyl groups excluding tert-OH is 1. The summed E-state index contributed by atoms with van der Waals surface area (Å²) in [4.78, 5) is 24.0. The molecule has 84 valence electrons. The number of benzene rings is 1. The van der Waals surface area contributed by atoms with Gasteiger partial charge in [0.05, 0.1) is 12.0 Å². The summed E-state index contributed by atoms with van der Waals surface area (Å²) >= 11 is 0. The Morgan fingerprint density at radius 2 is 2.00 bits per heavy atom. The third-order valence-electron chi connectivity index (χ3n) is 2.99. The average molecular weight is 218 g/mol. The molecule has 3 heteroatoms. The summed E-state index contributed by atoms with van der Waals surface area (Å²) in [6.07, 6.45) is -0.418. The van der Waals surface area contributed by atoms with Gasteiger partial charge in [0.15, 0.2) is 11.6 Å². The van der Waals surface area contributed by atoms with E-state index in [4.69, 9.17) is 0 Å². The zero-order chi connectivity index (χ0) is 11.9. The van der Waals surface area contributed by atoms with Crippen LogP contribution < -0.4 is 0 Å².